The van der Waals surface area contributed by atoms with Crippen molar-refractivity contribution in [1.29, 1.82) is 0 Å². The van der Waals surface area contributed by atoms with Crippen LogP contribution in [0.2, 0.25) is 5.15 Å². The average molecular weight is 552 g/mol. The van der Waals surface area contributed by atoms with Gasteiger partial charge in [-0.1, -0.05) is 24.6 Å². The van der Waals surface area contributed by atoms with Gasteiger partial charge >= 0.3 is 5.76 Å². The van der Waals surface area contributed by atoms with Crippen LogP contribution < -0.4 is 10.7 Å². The number of anilines is 1. The number of rotatable bonds is 5. The fraction of sp³-hybridized carbons (Fsp3) is 0.458. The fourth-order valence-electron chi connectivity index (χ4n) is 5.24. The number of nitrogens with zero attached hydrogens (tertiary/aromatic N) is 4. The van der Waals surface area contributed by atoms with Gasteiger partial charge in [-0.2, -0.15) is 4.31 Å². The van der Waals surface area contributed by atoms with E-state index in [1.54, 1.807) is 19.9 Å². The molecule has 2 aromatic heterocycles. The number of nitrogens with one attached hydrogen (secondary N) is 1. The molecule has 0 bridgehead atoms. The molecule has 0 radical (unpaired) electrons. The van der Waals surface area contributed by atoms with Gasteiger partial charge in [0.25, 0.3) is 0 Å². The molecule has 2 atom stereocenters. The zero-order valence-electron chi connectivity index (χ0n) is 20.6. The van der Waals surface area contributed by atoms with Gasteiger partial charge < -0.3 is 14.1 Å². The molecule has 1 fully saturated rings. The van der Waals surface area contributed by atoms with Crippen LogP contribution in [0.3, 0.4) is 0 Å². The lowest BCUT2D eigenvalue weighted by Gasteiger charge is -2.45. The number of hydrogen-bond donors (Lipinski definition) is 1. The van der Waals surface area contributed by atoms with Crippen LogP contribution in [0.5, 0.6) is 0 Å². The molecule has 10 nitrogen and oxygen atoms in total. The van der Waals surface area contributed by atoms with Crippen molar-refractivity contribution in [2.45, 2.75) is 56.5 Å². The highest BCUT2D eigenvalue weighted by Gasteiger charge is 2.47. The van der Waals surface area contributed by atoms with Crippen LogP contribution >= 0.6 is 11.6 Å². The number of aromatic nitrogens is 3. The molecule has 5 rings (SSSR count). The number of pyridine rings is 1. The number of benzene rings is 1. The standard InChI is InChI=1S/C24H27ClFN5O5S/c1-13-4-5-17(26)20(14(13)2)15(3)21(23-28-29-24(32)36-23)31-12-30(16-8-10-35-11-9-16)22-18(37(31,33)34)6-7-19(25)27-22/h4-7,15-16,21H,8-12H2,1-3H3,(H,29,32)/t15-,21+/m1/s1. The van der Waals surface area contributed by atoms with Crippen molar-refractivity contribution < 1.29 is 22.0 Å². The van der Waals surface area contributed by atoms with Crippen molar-refractivity contribution in [3.05, 3.63) is 68.4 Å². The SMILES string of the molecule is Cc1ccc(F)c([C@@H](C)[C@@H](c2n[nH]c(=O)o2)N2CN(C3CCOCC3)c3nc(Cl)ccc3S2(=O)=O)c1C. The summed E-state index contributed by atoms with van der Waals surface area (Å²) in [5, 5.41) is 6.37. The molecule has 13 heteroatoms. The summed E-state index contributed by atoms with van der Waals surface area (Å²) in [6.45, 7) is 6.25. The van der Waals surface area contributed by atoms with Gasteiger partial charge in [0, 0.05) is 25.2 Å². The molecule has 0 spiro atoms. The third-order valence-corrected chi connectivity index (χ3v) is 9.31. The number of H-pyrrole nitrogens is 1. The van der Waals surface area contributed by atoms with Crippen molar-refractivity contribution in [1.82, 2.24) is 19.5 Å². The van der Waals surface area contributed by atoms with E-state index in [4.69, 9.17) is 20.8 Å². The lowest BCUT2D eigenvalue weighted by Crippen LogP contribution is -2.54. The fourth-order valence-corrected chi connectivity index (χ4v) is 7.11. The summed E-state index contributed by atoms with van der Waals surface area (Å²) in [6, 6.07) is 4.65. The summed E-state index contributed by atoms with van der Waals surface area (Å²) in [7, 11) is -4.20. The number of aryl methyl sites for hydroxylation is 1. The Labute approximate surface area is 218 Å². The van der Waals surface area contributed by atoms with Gasteiger partial charge in [0.1, 0.15) is 21.9 Å². The van der Waals surface area contributed by atoms with Gasteiger partial charge in [-0.25, -0.2) is 27.7 Å². The number of hydrogen-bond acceptors (Lipinski definition) is 8. The van der Waals surface area contributed by atoms with E-state index in [2.05, 4.69) is 15.2 Å². The Bertz CT molecular complexity index is 1490. The van der Waals surface area contributed by atoms with Crippen LogP contribution in [0, 0.1) is 19.7 Å². The molecule has 1 N–H and O–H groups in total. The first kappa shape index (κ1) is 25.8. The Morgan fingerprint density at radius 3 is 2.59 bits per heavy atom. The van der Waals surface area contributed by atoms with E-state index in [9.17, 15) is 13.2 Å². The Hall–Kier alpha value is -2.80. The van der Waals surface area contributed by atoms with Crippen molar-refractivity contribution >= 4 is 27.4 Å². The average Bonchev–Trinajstić information content (AvgIpc) is 3.29. The summed E-state index contributed by atoms with van der Waals surface area (Å²) in [6.07, 6.45) is 1.32. The highest BCUT2D eigenvalue weighted by molar-refractivity contribution is 7.89. The quantitative estimate of drug-likeness (QED) is 0.477. The molecule has 3 aromatic rings. The van der Waals surface area contributed by atoms with Gasteiger partial charge in [0.15, 0.2) is 5.82 Å². The Morgan fingerprint density at radius 2 is 1.92 bits per heavy atom. The second kappa shape index (κ2) is 9.82. The topological polar surface area (TPSA) is 122 Å². The maximum absolute atomic E-state index is 15.2. The molecular weight excluding hydrogens is 525 g/mol. The van der Waals surface area contributed by atoms with Crippen LogP contribution in [-0.2, 0) is 14.8 Å². The molecule has 1 aromatic carbocycles. The number of ether oxygens (including phenoxy) is 1. The molecule has 4 heterocycles. The Kier molecular flexibility index (Phi) is 6.86. The largest absolute Gasteiger partial charge is 0.434 e. The number of aromatic amines is 1. The molecule has 0 aliphatic carbocycles. The zero-order valence-corrected chi connectivity index (χ0v) is 22.1. The van der Waals surface area contributed by atoms with Crippen LogP contribution in [0.1, 0.15) is 54.3 Å². The predicted octanol–water partition coefficient (Wildman–Crippen LogP) is 3.66. The molecule has 0 saturated carbocycles. The van der Waals surface area contributed by atoms with Gasteiger partial charge in [0.05, 0.1) is 6.67 Å². The van der Waals surface area contributed by atoms with Crippen LogP contribution in [0.4, 0.5) is 10.2 Å². The molecule has 0 unspecified atom stereocenters. The smallest absolute Gasteiger partial charge is 0.391 e. The lowest BCUT2D eigenvalue weighted by atomic mass is 9.87. The van der Waals surface area contributed by atoms with Crippen LogP contribution in [-0.4, -0.2) is 53.8 Å². The molecule has 0 amide bonds. The molecule has 2 aliphatic rings. The maximum atomic E-state index is 15.2. The zero-order chi connectivity index (χ0) is 26.5. The molecule has 198 valence electrons. The first-order valence-electron chi connectivity index (χ1n) is 11.9. The second-order valence-electron chi connectivity index (χ2n) is 9.39. The lowest BCUT2D eigenvalue weighted by molar-refractivity contribution is 0.0809. The first-order chi connectivity index (χ1) is 17.6. The summed E-state index contributed by atoms with van der Waals surface area (Å²) >= 11 is 6.18. The third kappa shape index (κ3) is 4.56. The van der Waals surface area contributed by atoms with E-state index in [-0.39, 0.29) is 34.5 Å². The first-order valence-corrected chi connectivity index (χ1v) is 13.7. The third-order valence-electron chi connectivity index (χ3n) is 7.27. The Morgan fingerprint density at radius 1 is 1.19 bits per heavy atom. The van der Waals surface area contributed by atoms with Crippen molar-refractivity contribution in [2.24, 2.45) is 0 Å². The highest BCUT2D eigenvalue weighted by atomic mass is 35.5. The molecular formula is C24H27ClFN5O5S. The Balaban J connectivity index is 1.70. The van der Waals surface area contributed by atoms with Gasteiger partial charge in [-0.3, -0.25) is 0 Å². The van der Waals surface area contributed by atoms with E-state index in [0.29, 0.717) is 37.2 Å². The number of fused-ring (bicyclic) bond motifs is 1. The summed E-state index contributed by atoms with van der Waals surface area (Å²) < 4.78 is 55.4. The highest BCUT2D eigenvalue weighted by Crippen LogP contribution is 2.45. The monoisotopic (exact) mass is 551 g/mol. The molecule has 2 aliphatic heterocycles. The minimum atomic E-state index is -4.20. The van der Waals surface area contributed by atoms with E-state index in [1.165, 1.54) is 22.5 Å². The van der Waals surface area contributed by atoms with Gasteiger partial charge in [-0.05, 0) is 61.6 Å². The van der Waals surface area contributed by atoms with E-state index >= 15 is 4.39 Å². The predicted molar refractivity (Wildman–Crippen MR) is 134 cm³/mol. The van der Waals surface area contributed by atoms with Gasteiger partial charge in [0.2, 0.25) is 15.9 Å². The van der Waals surface area contributed by atoms with Gasteiger partial charge in [-0.15, -0.1) is 5.10 Å². The van der Waals surface area contributed by atoms with Crippen molar-refractivity contribution in [2.75, 3.05) is 24.8 Å². The summed E-state index contributed by atoms with van der Waals surface area (Å²) in [5.74, 6) is -1.98. The van der Waals surface area contributed by atoms with Crippen molar-refractivity contribution in [3.63, 3.8) is 0 Å². The van der Waals surface area contributed by atoms with E-state index in [0.717, 1.165) is 5.56 Å². The van der Waals surface area contributed by atoms with E-state index in [1.807, 2.05) is 11.8 Å². The van der Waals surface area contributed by atoms with Crippen LogP contribution in [0.25, 0.3) is 0 Å². The normalized spacial score (nSPS) is 20.0. The number of halogens is 2. The number of sulfonamides is 1. The minimum Gasteiger partial charge on any atom is -0.391 e. The minimum absolute atomic E-state index is 0.0360. The maximum Gasteiger partial charge on any atom is 0.434 e. The second-order valence-corrected chi connectivity index (χ2v) is 11.6. The van der Waals surface area contributed by atoms with Crippen molar-refractivity contribution in [3.8, 4) is 0 Å². The summed E-state index contributed by atoms with van der Waals surface area (Å²) in [4.78, 5) is 18.2. The molecule has 37 heavy (non-hydrogen) atoms. The summed E-state index contributed by atoms with van der Waals surface area (Å²) in [5.41, 5.74) is 1.85. The molecule has 1 saturated heterocycles. The van der Waals surface area contributed by atoms with E-state index < -0.39 is 33.6 Å². The van der Waals surface area contributed by atoms with Crippen LogP contribution in [0.15, 0.2) is 38.4 Å².